The van der Waals surface area contributed by atoms with Crippen LogP contribution >= 0.6 is 0 Å². The van der Waals surface area contributed by atoms with E-state index in [1.165, 1.54) is 0 Å². The summed E-state index contributed by atoms with van der Waals surface area (Å²) in [7, 11) is 1.75. The third kappa shape index (κ3) is 10.6. The first-order chi connectivity index (χ1) is 24.3. The van der Waals surface area contributed by atoms with Crippen molar-refractivity contribution in [2.45, 2.75) is 117 Å². The van der Waals surface area contributed by atoms with E-state index in [1.807, 2.05) is 64.1 Å². The lowest BCUT2D eigenvalue weighted by molar-refractivity contribution is -0.159. The monoisotopic (exact) mass is 709 g/mol. The molecule has 3 aliphatic heterocycles. The van der Waals surface area contributed by atoms with E-state index in [-0.39, 0.29) is 41.6 Å². The molecule has 11 nitrogen and oxygen atoms in total. The fourth-order valence-electron chi connectivity index (χ4n) is 7.66. The molecule has 0 spiro atoms. The number of nitrogens with zero attached hydrogens (tertiary/aromatic N) is 4. The van der Waals surface area contributed by atoms with Gasteiger partial charge in [0.05, 0.1) is 25.3 Å². The number of piperidine rings is 1. The van der Waals surface area contributed by atoms with Crippen molar-refractivity contribution >= 4 is 23.7 Å². The Morgan fingerprint density at radius 1 is 0.902 bits per heavy atom. The second-order valence-electron chi connectivity index (χ2n) is 15.5. The quantitative estimate of drug-likeness (QED) is 0.223. The first-order valence-electron chi connectivity index (χ1n) is 19.2. The van der Waals surface area contributed by atoms with Gasteiger partial charge in [-0.1, -0.05) is 70.5 Å². The first kappa shape index (κ1) is 40.5. The fraction of sp³-hybridized carbons (Fsp3) is 0.700. The van der Waals surface area contributed by atoms with Crippen LogP contribution in [0.15, 0.2) is 42.0 Å². The lowest BCUT2D eigenvalue weighted by atomic mass is 9.95. The van der Waals surface area contributed by atoms with Crippen LogP contribution in [0.25, 0.3) is 0 Å². The zero-order valence-corrected chi connectivity index (χ0v) is 32.3. The summed E-state index contributed by atoms with van der Waals surface area (Å²) in [5.74, 6) is -1.04. The SMILES string of the molecule is C/C(=C\[C@H](C(C)C)N(C)C(=O)C(NC(=O)[C@H]1CCCCN1C(C)C)C(C)C)C(=O)N1CCCC1C(=O)OC(CN1CCOCC1)c1ccccc1. The van der Waals surface area contributed by atoms with Gasteiger partial charge in [-0.2, -0.15) is 0 Å². The van der Waals surface area contributed by atoms with Crippen molar-refractivity contribution in [3.05, 3.63) is 47.5 Å². The molecule has 1 N–H and O–H groups in total. The number of likely N-dealkylation sites (tertiary alicyclic amines) is 2. The molecule has 1 aromatic carbocycles. The number of rotatable bonds is 14. The molecule has 3 heterocycles. The summed E-state index contributed by atoms with van der Waals surface area (Å²) in [5, 5.41) is 3.11. The van der Waals surface area contributed by atoms with Gasteiger partial charge in [-0.3, -0.25) is 24.2 Å². The highest BCUT2D eigenvalue weighted by atomic mass is 16.5. The number of amides is 3. The Hall–Kier alpha value is -3.28. The van der Waals surface area contributed by atoms with Crippen molar-refractivity contribution in [3.63, 3.8) is 0 Å². The lowest BCUT2D eigenvalue weighted by Crippen LogP contribution is -2.58. The molecule has 3 aliphatic rings. The van der Waals surface area contributed by atoms with Crippen LogP contribution in [0, 0.1) is 11.8 Å². The Morgan fingerprint density at radius 2 is 1.57 bits per heavy atom. The van der Waals surface area contributed by atoms with Crippen LogP contribution in [-0.2, 0) is 28.7 Å². The molecule has 11 heteroatoms. The van der Waals surface area contributed by atoms with Gasteiger partial charge in [0.15, 0.2) is 0 Å². The van der Waals surface area contributed by atoms with E-state index in [2.05, 4.69) is 29.0 Å². The number of carbonyl (C=O) groups excluding carboxylic acids is 4. The van der Waals surface area contributed by atoms with E-state index in [4.69, 9.17) is 9.47 Å². The molecule has 0 radical (unpaired) electrons. The van der Waals surface area contributed by atoms with Gasteiger partial charge in [-0.15, -0.1) is 0 Å². The Balaban J connectivity index is 1.46. The number of likely N-dealkylation sites (N-methyl/N-ethyl adjacent to an activating group) is 1. The molecular weight excluding hydrogens is 646 g/mol. The number of ether oxygens (including phenoxy) is 2. The molecule has 284 valence electrons. The van der Waals surface area contributed by atoms with Crippen molar-refractivity contribution in [3.8, 4) is 0 Å². The molecule has 4 rings (SSSR count). The van der Waals surface area contributed by atoms with Gasteiger partial charge >= 0.3 is 5.97 Å². The largest absolute Gasteiger partial charge is 0.455 e. The molecule has 0 bridgehead atoms. The molecule has 5 atom stereocenters. The van der Waals surface area contributed by atoms with Crippen molar-refractivity contribution in [2.24, 2.45) is 11.8 Å². The summed E-state index contributed by atoms with van der Waals surface area (Å²) in [4.78, 5) is 63.2. The van der Waals surface area contributed by atoms with Crippen LogP contribution in [0.2, 0.25) is 0 Å². The van der Waals surface area contributed by atoms with Crippen LogP contribution in [0.4, 0.5) is 0 Å². The number of benzene rings is 1. The highest BCUT2D eigenvalue weighted by molar-refractivity contribution is 5.96. The third-order valence-electron chi connectivity index (χ3n) is 10.7. The predicted molar refractivity (Wildman–Crippen MR) is 199 cm³/mol. The molecule has 3 saturated heterocycles. The minimum atomic E-state index is -0.697. The van der Waals surface area contributed by atoms with Crippen LogP contribution in [0.5, 0.6) is 0 Å². The molecule has 3 amide bonds. The Labute approximate surface area is 306 Å². The zero-order chi connectivity index (χ0) is 37.2. The number of hydrogen-bond acceptors (Lipinski definition) is 8. The molecule has 0 aliphatic carbocycles. The van der Waals surface area contributed by atoms with Crippen molar-refractivity contribution in [1.82, 2.24) is 24.9 Å². The predicted octanol–water partition coefficient (Wildman–Crippen LogP) is 4.43. The lowest BCUT2D eigenvalue weighted by Gasteiger charge is -2.39. The van der Waals surface area contributed by atoms with Crippen molar-refractivity contribution in [2.75, 3.05) is 53.0 Å². The van der Waals surface area contributed by atoms with Crippen LogP contribution in [0.1, 0.15) is 92.2 Å². The summed E-state index contributed by atoms with van der Waals surface area (Å²) in [5.41, 5.74) is 1.39. The fourth-order valence-corrected chi connectivity index (χ4v) is 7.66. The van der Waals surface area contributed by atoms with Gasteiger partial charge in [0.25, 0.3) is 0 Å². The van der Waals surface area contributed by atoms with E-state index >= 15 is 0 Å². The number of morpholine rings is 1. The summed E-state index contributed by atoms with van der Waals surface area (Å²) < 4.78 is 11.7. The summed E-state index contributed by atoms with van der Waals surface area (Å²) in [6.45, 7) is 18.6. The Kier molecular flexibility index (Phi) is 15.1. The summed E-state index contributed by atoms with van der Waals surface area (Å²) >= 11 is 0. The highest BCUT2D eigenvalue weighted by Crippen LogP contribution is 2.27. The maximum atomic E-state index is 14.1. The summed E-state index contributed by atoms with van der Waals surface area (Å²) in [6, 6.07) is 7.98. The molecular formula is C40H63N5O6. The Morgan fingerprint density at radius 3 is 2.20 bits per heavy atom. The normalized spacial score (nSPS) is 22.6. The van der Waals surface area contributed by atoms with E-state index in [9.17, 15) is 19.2 Å². The van der Waals surface area contributed by atoms with Crippen molar-refractivity contribution < 1.29 is 28.7 Å². The molecule has 0 saturated carbocycles. The zero-order valence-electron chi connectivity index (χ0n) is 32.3. The van der Waals surface area contributed by atoms with Gasteiger partial charge in [-0.25, -0.2) is 4.79 Å². The van der Waals surface area contributed by atoms with Crippen LogP contribution < -0.4 is 5.32 Å². The van der Waals surface area contributed by atoms with E-state index in [0.717, 1.165) is 44.5 Å². The second kappa shape index (κ2) is 19.0. The maximum Gasteiger partial charge on any atom is 0.329 e. The number of hydrogen-bond donors (Lipinski definition) is 1. The van der Waals surface area contributed by atoms with Crippen molar-refractivity contribution in [1.29, 1.82) is 0 Å². The number of nitrogens with one attached hydrogen (secondary N) is 1. The first-order valence-corrected chi connectivity index (χ1v) is 19.2. The van der Waals surface area contributed by atoms with E-state index < -0.39 is 30.2 Å². The van der Waals surface area contributed by atoms with Gasteiger partial charge in [0, 0.05) is 44.8 Å². The summed E-state index contributed by atoms with van der Waals surface area (Å²) in [6.07, 6.45) is 5.47. The Bertz CT molecular complexity index is 1340. The maximum absolute atomic E-state index is 14.1. The smallest absolute Gasteiger partial charge is 0.329 e. The number of esters is 1. The minimum absolute atomic E-state index is 0.00820. The number of carbonyl (C=O) groups is 4. The molecule has 3 unspecified atom stereocenters. The van der Waals surface area contributed by atoms with Gasteiger partial charge in [0.2, 0.25) is 17.7 Å². The highest BCUT2D eigenvalue weighted by Gasteiger charge is 2.39. The van der Waals surface area contributed by atoms with Gasteiger partial charge in [-0.05, 0) is 70.4 Å². The minimum Gasteiger partial charge on any atom is -0.455 e. The molecule has 3 fully saturated rings. The van der Waals surface area contributed by atoms with Gasteiger partial charge in [0.1, 0.15) is 18.2 Å². The average Bonchev–Trinajstić information content (AvgIpc) is 3.62. The topological polar surface area (TPSA) is 112 Å². The molecule has 0 aromatic heterocycles. The second-order valence-corrected chi connectivity index (χ2v) is 15.5. The average molecular weight is 710 g/mol. The van der Waals surface area contributed by atoms with Crippen LogP contribution in [-0.4, -0.2) is 126 Å². The third-order valence-corrected chi connectivity index (χ3v) is 10.7. The van der Waals surface area contributed by atoms with Crippen LogP contribution in [0.3, 0.4) is 0 Å². The molecule has 1 aromatic rings. The van der Waals surface area contributed by atoms with E-state index in [0.29, 0.717) is 44.7 Å². The van der Waals surface area contributed by atoms with E-state index in [1.54, 1.807) is 23.8 Å². The standard InChI is InChI=1S/C40H63N5O6/c1-27(2)34(42(8)39(48)36(28(3)4)41-37(46)32-17-12-13-19-44(32)29(5)6)25-30(7)38(47)45-20-14-18-33(45)40(49)51-35(31-15-10-9-11-16-31)26-43-21-23-50-24-22-43/h9-11,15-16,25,27-29,32-36H,12-14,17-24,26H2,1-8H3,(H,41,46)/b30-25+/t32-,33?,34-,35?,36?/m1/s1. The van der Waals surface area contributed by atoms with Gasteiger partial charge < -0.3 is 24.6 Å². The molecule has 51 heavy (non-hydrogen) atoms.